The fraction of sp³-hybridized carbons (Fsp3) is 0.350. The first-order valence-electron chi connectivity index (χ1n) is 9.47. The van der Waals surface area contributed by atoms with Crippen LogP contribution in [0.15, 0.2) is 57.3 Å². The van der Waals surface area contributed by atoms with Gasteiger partial charge >= 0.3 is 0 Å². The number of aromatic nitrogens is 1. The van der Waals surface area contributed by atoms with Crippen LogP contribution < -0.4 is 4.90 Å². The Labute approximate surface area is 168 Å². The second-order valence-corrected chi connectivity index (χ2v) is 10.4. The highest BCUT2D eigenvalue weighted by Gasteiger charge is 2.31. The van der Waals surface area contributed by atoms with E-state index < -0.39 is 10.0 Å². The first-order chi connectivity index (χ1) is 13.6. The van der Waals surface area contributed by atoms with Crippen LogP contribution in [0.2, 0.25) is 0 Å². The predicted octanol–water partition coefficient (Wildman–Crippen LogP) is 3.79. The third kappa shape index (κ3) is 3.36. The van der Waals surface area contributed by atoms with Gasteiger partial charge in [-0.25, -0.2) is 13.4 Å². The van der Waals surface area contributed by atoms with Crippen LogP contribution in [0.1, 0.15) is 24.7 Å². The average molecular weight is 416 g/mol. The number of oxazole rings is 1. The van der Waals surface area contributed by atoms with Crippen LogP contribution in [0.3, 0.4) is 0 Å². The molecule has 1 saturated heterocycles. The Bertz CT molecular complexity index is 1060. The van der Waals surface area contributed by atoms with Crippen LogP contribution in [0.25, 0.3) is 10.6 Å². The number of sulfonamides is 1. The second-order valence-electron chi connectivity index (χ2n) is 7.18. The van der Waals surface area contributed by atoms with E-state index >= 15 is 0 Å². The first-order valence-corrected chi connectivity index (χ1v) is 11.7. The molecule has 1 aromatic carbocycles. The average Bonchev–Trinajstić information content (AvgIpc) is 3.25. The maximum absolute atomic E-state index is 13.1. The molecule has 0 radical (unpaired) electrons. The van der Waals surface area contributed by atoms with Gasteiger partial charge in [0.1, 0.15) is 4.21 Å². The summed E-state index contributed by atoms with van der Waals surface area (Å²) in [7, 11) is -3.49. The molecule has 1 saturated carbocycles. The molecule has 0 spiro atoms. The molecular weight excluding hydrogens is 394 g/mol. The van der Waals surface area contributed by atoms with Gasteiger partial charge in [-0.3, -0.25) is 0 Å². The highest BCUT2D eigenvalue weighted by Crippen LogP contribution is 2.41. The maximum Gasteiger partial charge on any atom is 0.252 e. The highest BCUT2D eigenvalue weighted by atomic mass is 32.2. The van der Waals surface area contributed by atoms with E-state index in [1.54, 1.807) is 16.6 Å². The summed E-state index contributed by atoms with van der Waals surface area (Å²) >= 11 is 1.25. The third-order valence-corrected chi connectivity index (χ3v) is 8.69. The van der Waals surface area contributed by atoms with Crippen molar-refractivity contribution in [3.8, 4) is 10.6 Å². The molecule has 8 heteroatoms. The number of rotatable bonds is 5. The van der Waals surface area contributed by atoms with Gasteiger partial charge in [0, 0.05) is 37.8 Å². The Hall–Kier alpha value is -2.16. The number of hydrogen-bond donors (Lipinski definition) is 0. The van der Waals surface area contributed by atoms with Gasteiger partial charge in [-0.15, -0.1) is 11.3 Å². The summed E-state index contributed by atoms with van der Waals surface area (Å²) < 4.78 is 33.9. The van der Waals surface area contributed by atoms with Gasteiger partial charge in [0.2, 0.25) is 0 Å². The van der Waals surface area contributed by atoms with Crippen molar-refractivity contribution in [1.29, 1.82) is 0 Å². The highest BCUT2D eigenvalue weighted by molar-refractivity contribution is 7.91. The predicted molar refractivity (Wildman–Crippen MR) is 109 cm³/mol. The minimum atomic E-state index is -3.49. The molecule has 1 aliphatic carbocycles. The molecule has 2 aliphatic rings. The van der Waals surface area contributed by atoms with E-state index in [9.17, 15) is 8.42 Å². The van der Waals surface area contributed by atoms with Gasteiger partial charge in [0.25, 0.3) is 10.0 Å². The van der Waals surface area contributed by atoms with Gasteiger partial charge in [0.15, 0.2) is 11.7 Å². The molecule has 5 rings (SSSR count). The van der Waals surface area contributed by atoms with E-state index in [-0.39, 0.29) is 0 Å². The number of piperazine rings is 1. The number of hydrogen-bond acceptors (Lipinski definition) is 6. The monoisotopic (exact) mass is 415 g/mol. The number of para-hydroxylation sites is 1. The number of anilines is 1. The number of benzene rings is 1. The molecule has 0 bridgehead atoms. The van der Waals surface area contributed by atoms with Crippen LogP contribution >= 0.6 is 11.3 Å². The Balaban J connectivity index is 1.30. The van der Waals surface area contributed by atoms with Crippen LogP contribution in [0.4, 0.5) is 5.69 Å². The summed E-state index contributed by atoms with van der Waals surface area (Å²) in [5.41, 5.74) is 1.13. The Kier molecular flexibility index (Phi) is 4.49. The van der Waals surface area contributed by atoms with Crippen molar-refractivity contribution < 1.29 is 12.8 Å². The van der Waals surface area contributed by atoms with Crippen LogP contribution in [0.5, 0.6) is 0 Å². The minimum Gasteiger partial charge on any atom is -0.440 e. The van der Waals surface area contributed by atoms with Crippen molar-refractivity contribution in [1.82, 2.24) is 9.29 Å². The first kappa shape index (κ1) is 17.9. The molecular formula is C20H21N3O3S2. The lowest BCUT2D eigenvalue weighted by Crippen LogP contribution is -2.48. The summed E-state index contributed by atoms with van der Waals surface area (Å²) in [4.78, 5) is 7.36. The molecule has 3 aromatic rings. The van der Waals surface area contributed by atoms with Gasteiger partial charge in [-0.2, -0.15) is 4.31 Å². The summed E-state index contributed by atoms with van der Waals surface area (Å²) in [6, 6.07) is 13.6. The van der Waals surface area contributed by atoms with Gasteiger partial charge in [0.05, 0.1) is 11.1 Å². The third-order valence-electron chi connectivity index (χ3n) is 5.23. The Morgan fingerprint density at radius 3 is 2.46 bits per heavy atom. The lowest BCUT2D eigenvalue weighted by atomic mass is 10.2. The smallest absolute Gasteiger partial charge is 0.252 e. The molecule has 0 unspecified atom stereocenters. The Morgan fingerprint density at radius 1 is 1.00 bits per heavy atom. The fourth-order valence-electron chi connectivity index (χ4n) is 3.46. The zero-order valence-corrected chi connectivity index (χ0v) is 17.0. The van der Waals surface area contributed by atoms with Gasteiger partial charge in [-0.05, 0) is 37.1 Å². The molecule has 6 nitrogen and oxygen atoms in total. The Morgan fingerprint density at radius 2 is 1.75 bits per heavy atom. The van der Waals surface area contributed by atoms with Crippen molar-refractivity contribution in [2.45, 2.75) is 23.0 Å². The summed E-state index contributed by atoms with van der Waals surface area (Å²) in [6.07, 6.45) is 3.95. The zero-order valence-electron chi connectivity index (χ0n) is 15.3. The van der Waals surface area contributed by atoms with E-state index in [1.165, 1.54) is 11.3 Å². The normalized spacial score (nSPS) is 18.5. The summed E-state index contributed by atoms with van der Waals surface area (Å²) in [5, 5.41) is 0. The van der Waals surface area contributed by atoms with Crippen molar-refractivity contribution >= 4 is 27.0 Å². The number of nitrogens with zero attached hydrogens (tertiary/aromatic N) is 3. The van der Waals surface area contributed by atoms with Crippen LogP contribution in [0, 0.1) is 0 Å². The molecule has 0 atom stereocenters. The van der Waals surface area contributed by atoms with Crippen molar-refractivity contribution in [2.24, 2.45) is 0 Å². The summed E-state index contributed by atoms with van der Waals surface area (Å²) in [6.45, 7) is 2.35. The van der Waals surface area contributed by atoms with E-state index in [1.807, 2.05) is 24.3 Å². The largest absolute Gasteiger partial charge is 0.440 e. The maximum atomic E-state index is 13.1. The lowest BCUT2D eigenvalue weighted by Gasteiger charge is -2.35. The molecule has 0 N–H and O–H groups in total. The van der Waals surface area contributed by atoms with E-state index in [2.05, 4.69) is 22.0 Å². The van der Waals surface area contributed by atoms with Crippen molar-refractivity contribution in [2.75, 3.05) is 31.1 Å². The molecule has 2 aromatic heterocycles. The van der Waals surface area contributed by atoms with E-state index in [0.29, 0.717) is 42.1 Å². The molecule has 1 aliphatic heterocycles. The van der Waals surface area contributed by atoms with Crippen LogP contribution in [-0.2, 0) is 10.0 Å². The standard InChI is InChI=1S/C20H21N3O3S2/c24-28(25,23-12-10-22(11-13-23)16-4-2-1-3-5-16)19-9-8-18(27-19)17-14-21-20(26-17)15-6-7-15/h1-5,8-9,14-15H,6-7,10-13H2. The molecule has 28 heavy (non-hydrogen) atoms. The molecule has 146 valence electrons. The lowest BCUT2D eigenvalue weighted by molar-refractivity contribution is 0.386. The van der Waals surface area contributed by atoms with Gasteiger partial charge < -0.3 is 9.32 Å². The van der Waals surface area contributed by atoms with E-state index in [0.717, 1.165) is 29.3 Å². The summed E-state index contributed by atoms with van der Waals surface area (Å²) in [5.74, 6) is 1.87. The topological polar surface area (TPSA) is 66.7 Å². The fourth-order valence-corrected chi connectivity index (χ4v) is 6.29. The molecule has 0 amide bonds. The molecule has 2 fully saturated rings. The SMILES string of the molecule is O=S(=O)(c1ccc(-c2cnc(C3CC3)o2)s1)N1CCN(c2ccccc2)CC1. The number of thiophene rings is 1. The minimum absolute atomic E-state index is 0.361. The van der Waals surface area contributed by atoms with Crippen LogP contribution in [-0.4, -0.2) is 43.9 Å². The van der Waals surface area contributed by atoms with Crippen molar-refractivity contribution in [3.63, 3.8) is 0 Å². The van der Waals surface area contributed by atoms with Gasteiger partial charge in [-0.1, -0.05) is 18.2 Å². The van der Waals surface area contributed by atoms with E-state index in [4.69, 9.17) is 4.42 Å². The second kappa shape index (κ2) is 7.02. The zero-order chi connectivity index (χ0) is 19.1. The molecule has 3 heterocycles. The quantitative estimate of drug-likeness (QED) is 0.634. The van der Waals surface area contributed by atoms with Crippen molar-refractivity contribution in [3.05, 3.63) is 54.6 Å².